The van der Waals surface area contributed by atoms with Gasteiger partial charge in [-0.3, -0.25) is 4.79 Å². The van der Waals surface area contributed by atoms with Crippen LogP contribution in [0.25, 0.3) is 0 Å². The summed E-state index contributed by atoms with van der Waals surface area (Å²) in [5.41, 5.74) is 0. The lowest BCUT2D eigenvalue weighted by atomic mass is 10.0. The Kier molecular flexibility index (Phi) is 1.62. The van der Waals surface area contributed by atoms with Gasteiger partial charge in [0.25, 0.3) is 0 Å². The van der Waals surface area contributed by atoms with Crippen LogP contribution in [-0.2, 0) is 4.79 Å². The van der Waals surface area contributed by atoms with Crippen LogP contribution in [0.15, 0.2) is 0 Å². The number of nitrogens with one attached hydrogen (secondary N) is 2. The maximum atomic E-state index is 11.7. The minimum absolute atomic E-state index is 0.318. The van der Waals surface area contributed by atoms with E-state index in [-0.39, 0.29) is 0 Å². The molecule has 1 aliphatic heterocycles. The van der Waals surface area contributed by atoms with Crippen molar-refractivity contribution in [1.29, 1.82) is 0 Å². The minimum atomic E-state index is 0.318. The zero-order valence-electron chi connectivity index (χ0n) is 7.75. The first-order valence-corrected chi connectivity index (χ1v) is 5.34. The van der Waals surface area contributed by atoms with Crippen LogP contribution in [0.1, 0.15) is 19.3 Å². The van der Waals surface area contributed by atoms with Crippen LogP contribution in [0.2, 0.25) is 0 Å². The molecule has 0 spiro atoms. The van der Waals surface area contributed by atoms with Crippen molar-refractivity contribution < 1.29 is 4.79 Å². The van der Waals surface area contributed by atoms with Crippen LogP contribution in [-0.4, -0.2) is 25.0 Å². The van der Waals surface area contributed by atoms with E-state index in [1.807, 2.05) is 0 Å². The molecule has 1 amide bonds. The number of fused-ring (bicyclic) bond motifs is 1. The van der Waals surface area contributed by atoms with Crippen molar-refractivity contribution in [3.05, 3.63) is 0 Å². The first kappa shape index (κ1) is 7.80. The predicted octanol–water partition coefficient (Wildman–Crippen LogP) is 0.120. The van der Waals surface area contributed by atoms with Gasteiger partial charge in [-0.1, -0.05) is 0 Å². The highest BCUT2D eigenvalue weighted by Gasteiger charge is 2.48. The number of amides is 1. The van der Waals surface area contributed by atoms with Crippen molar-refractivity contribution >= 4 is 5.91 Å². The summed E-state index contributed by atoms with van der Waals surface area (Å²) >= 11 is 0. The van der Waals surface area contributed by atoms with E-state index in [4.69, 9.17) is 0 Å². The van der Waals surface area contributed by atoms with E-state index in [9.17, 15) is 4.79 Å². The third-order valence-corrected chi connectivity index (χ3v) is 3.74. The molecule has 13 heavy (non-hydrogen) atoms. The zero-order valence-corrected chi connectivity index (χ0v) is 7.75. The lowest BCUT2D eigenvalue weighted by Gasteiger charge is -2.29. The van der Waals surface area contributed by atoms with Gasteiger partial charge in [0.1, 0.15) is 0 Å². The Morgan fingerprint density at radius 2 is 1.85 bits per heavy atom. The van der Waals surface area contributed by atoms with E-state index < -0.39 is 0 Å². The van der Waals surface area contributed by atoms with E-state index in [1.54, 1.807) is 0 Å². The molecule has 1 heterocycles. The molecule has 3 heteroatoms. The molecule has 2 saturated carbocycles. The molecule has 3 aliphatic rings. The number of carbonyl (C=O) groups is 1. The van der Waals surface area contributed by atoms with E-state index in [2.05, 4.69) is 10.6 Å². The predicted molar refractivity (Wildman–Crippen MR) is 49.1 cm³/mol. The van der Waals surface area contributed by atoms with E-state index >= 15 is 0 Å². The third kappa shape index (κ3) is 1.35. The van der Waals surface area contributed by atoms with Gasteiger partial charge in [-0.15, -0.1) is 0 Å². The van der Waals surface area contributed by atoms with Crippen molar-refractivity contribution in [2.75, 3.05) is 13.1 Å². The fourth-order valence-corrected chi connectivity index (χ4v) is 2.64. The average Bonchev–Trinajstić information content (AvgIpc) is 2.66. The molecular formula is C10H16N2O. The zero-order chi connectivity index (χ0) is 8.84. The van der Waals surface area contributed by atoms with Gasteiger partial charge in [-0.25, -0.2) is 0 Å². The molecule has 0 aromatic heterocycles. The molecule has 0 aromatic rings. The summed E-state index contributed by atoms with van der Waals surface area (Å²) < 4.78 is 0. The van der Waals surface area contributed by atoms with Gasteiger partial charge < -0.3 is 10.6 Å². The Labute approximate surface area is 78.3 Å². The van der Waals surface area contributed by atoms with Crippen LogP contribution in [0, 0.1) is 17.8 Å². The summed E-state index contributed by atoms with van der Waals surface area (Å²) in [5.74, 6) is 2.49. The topological polar surface area (TPSA) is 41.1 Å². The van der Waals surface area contributed by atoms with Gasteiger partial charge in [0.15, 0.2) is 0 Å². The molecule has 0 radical (unpaired) electrons. The molecule has 3 rings (SSSR count). The lowest BCUT2D eigenvalue weighted by Crippen LogP contribution is -2.57. The maximum absolute atomic E-state index is 11.7. The first-order chi connectivity index (χ1) is 6.33. The molecule has 2 N–H and O–H groups in total. The molecule has 0 bridgehead atoms. The summed E-state index contributed by atoms with van der Waals surface area (Å²) in [6, 6.07) is 0.421. The van der Waals surface area contributed by atoms with E-state index in [1.165, 1.54) is 6.42 Å². The second-order valence-electron chi connectivity index (χ2n) is 4.79. The third-order valence-electron chi connectivity index (χ3n) is 3.74. The summed E-state index contributed by atoms with van der Waals surface area (Å²) in [6.07, 6.45) is 3.72. The van der Waals surface area contributed by atoms with E-state index in [0.717, 1.165) is 37.8 Å². The van der Waals surface area contributed by atoms with Gasteiger partial charge in [0, 0.05) is 19.0 Å². The highest BCUT2D eigenvalue weighted by Crippen LogP contribution is 2.54. The molecular weight excluding hydrogens is 164 g/mol. The fourth-order valence-electron chi connectivity index (χ4n) is 2.64. The summed E-state index contributed by atoms with van der Waals surface area (Å²) in [4.78, 5) is 11.7. The summed E-state index contributed by atoms with van der Waals surface area (Å²) in [6.45, 7) is 1.93. The van der Waals surface area contributed by atoms with Gasteiger partial charge in [0.2, 0.25) is 5.91 Å². The Bertz CT molecular complexity index is 227. The Hall–Kier alpha value is -0.570. The van der Waals surface area contributed by atoms with Gasteiger partial charge >= 0.3 is 0 Å². The van der Waals surface area contributed by atoms with Crippen molar-refractivity contribution in [3.63, 3.8) is 0 Å². The second kappa shape index (κ2) is 2.71. The lowest BCUT2D eigenvalue weighted by molar-refractivity contribution is -0.126. The van der Waals surface area contributed by atoms with Crippen LogP contribution in [0.4, 0.5) is 0 Å². The molecule has 2 atom stereocenters. The smallest absolute Gasteiger partial charge is 0.223 e. The van der Waals surface area contributed by atoms with Crippen molar-refractivity contribution in [2.24, 2.45) is 17.8 Å². The number of carbonyl (C=O) groups excluding carboxylic acids is 1. The molecule has 2 aliphatic carbocycles. The van der Waals surface area contributed by atoms with Gasteiger partial charge in [-0.2, -0.15) is 0 Å². The normalized spacial score (nSPS) is 42.3. The van der Waals surface area contributed by atoms with Gasteiger partial charge in [0.05, 0.1) is 6.04 Å². The first-order valence-electron chi connectivity index (χ1n) is 5.34. The quantitative estimate of drug-likeness (QED) is 0.634. The fraction of sp³-hybridized carbons (Fsp3) is 0.900. The maximum Gasteiger partial charge on any atom is 0.223 e. The van der Waals surface area contributed by atoms with Crippen LogP contribution < -0.4 is 10.6 Å². The minimum Gasteiger partial charge on any atom is -0.351 e. The van der Waals surface area contributed by atoms with E-state index in [0.29, 0.717) is 17.9 Å². The molecule has 72 valence electrons. The average molecular weight is 180 g/mol. The Morgan fingerprint density at radius 1 is 1.15 bits per heavy atom. The molecule has 1 saturated heterocycles. The van der Waals surface area contributed by atoms with Crippen LogP contribution in [0.5, 0.6) is 0 Å². The molecule has 3 fully saturated rings. The van der Waals surface area contributed by atoms with Crippen LogP contribution in [0.3, 0.4) is 0 Å². The van der Waals surface area contributed by atoms with Crippen LogP contribution >= 0.6 is 0 Å². The standard InChI is InChI=1S/C10H16N2O/c13-10(12-9-4-11-5-9)8-2-6-1-7(6)3-8/h6-9,11H,1-5H2,(H,12,13). The largest absolute Gasteiger partial charge is 0.351 e. The number of hydrogen-bond donors (Lipinski definition) is 2. The second-order valence-corrected chi connectivity index (χ2v) is 4.79. The molecule has 3 nitrogen and oxygen atoms in total. The molecule has 0 aromatic carbocycles. The highest BCUT2D eigenvalue weighted by atomic mass is 16.2. The van der Waals surface area contributed by atoms with Crippen molar-refractivity contribution in [2.45, 2.75) is 25.3 Å². The number of rotatable bonds is 2. The Morgan fingerprint density at radius 3 is 2.38 bits per heavy atom. The summed E-state index contributed by atoms with van der Waals surface area (Å²) in [5, 5.41) is 6.26. The van der Waals surface area contributed by atoms with Crippen molar-refractivity contribution in [1.82, 2.24) is 10.6 Å². The number of hydrogen-bond acceptors (Lipinski definition) is 2. The van der Waals surface area contributed by atoms with Crippen molar-refractivity contribution in [3.8, 4) is 0 Å². The summed E-state index contributed by atoms with van der Waals surface area (Å²) in [7, 11) is 0. The highest BCUT2D eigenvalue weighted by molar-refractivity contribution is 5.79. The Balaban J connectivity index is 1.50. The van der Waals surface area contributed by atoms with Gasteiger partial charge in [-0.05, 0) is 31.1 Å². The monoisotopic (exact) mass is 180 g/mol. The SMILES string of the molecule is O=C(NC1CNC1)C1CC2CC2C1. The molecule has 2 unspecified atom stereocenters.